The van der Waals surface area contributed by atoms with Gasteiger partial charge in [0.05, 0.1) is 26.8 Å². The minimum Gasteiger partial charge on any atom is -0.493 e. The third kappa shape index (κ3) is 2.57. The zero-order chi connectivity index (χ0) is 14.9. The molecule has 0 bridgehead atoms. The normalized spacial score (nSPS) is 18.4. The van der Waals surface area contributed by atoms with Crippen LogP contribution in [0.1, 0.15) is 25.5 Å². The van der Waals surface area contributed by atoms with Gasteiger partial charge in [0.15, 0.2) is 17.5 Å². The zero-order valence-electron chi connectivity index (χ0n) is 12.2. The van der Waals surface area contributed by atoms with E-state index in [2.05, 4.69) is 39.7 Å². The monoisotopic (exact) mass is 341 g/mol. The molecule has 0 saturated carbocycles. The molecule has 1 aliphatic heterocycles. The van der Waals surface area contributed by atoms with Crippen LogP contribution in [-0.2, 0) is 0 Å². The van der Waals surface area contributed by atoms with Crippen molar-refractivity contribution in [2.24, 2.45) is 10.7 Å². The number of ether oxygens (including phenoxy) is 2. The Bertz CT molecular complexity index is 531. The fourth-order valence-corrected chi connectivity index (χ4v) is 3.09. The standard InChI is InChI=1S/C14H20BrN3O2/c1-8(2)18-11(7-17-14(18)16)9-5-12(19-3)13(20-4)6-10(9)15/h5-6,8,11H,7H2,1-4H3,(H2,16,17). The Balaban J connectivity index is 2.43. The number of guanidine groups is 1. The second kappa shape index (κ2) is 5.91. The van der Waals surface area contributed by atoms with Gasteiger partial charge in [-0.3, -0.25) is 4.99 Å². The van der Waals surface area contributed by atoms with Gasteiger partial charge in [-0.2, -0.15) is 0 Å². The zero-order valence-corrected chi connectivity index (χ0v) is 13.8. The number of rotatable bonds is 4. The Labute approximate surface area is 127 Å². The maximum absolute atomic E-state index is 5.99. The third-order valence-corrected chi connectivity index (χ3v) is 4.13. The number of benzene rings is 1. The molecule has 1 heterocycles. The van der Waals surface area contributed by atoms with Crippen molar-refractivity contribution in [2.45, 2.75) is 25.9 Å². The molecule has 2 N–H and O–H groups in total. The molecule has 20 heavy (non-hydrogen) atoms. The average molecular weight is 342 g/mol. The quantitative estimate of drug-likeness (QED) is 0.914. The Morgan fingerprint density at radius 2 is 1.90 bits per heavy atom. The number of halogens is 1. The average Bonchev–Trinajstić information content (AvgIpc) is 2.80. The van der Waals surface area contributed by atoms with Gasteiger partial charge in [0.1, 0.15) is 0 Å². The minimum atomic E-state index is 0.115. The first-order valence-corrected chi connectivity index (χ1v) is 7.28. The molecular formula is C14H20BrN3O2. The van der Waals surface area contributed by atoms with Crippen molar-refractivity contribution < 1.29 is 9.47 Å². The summed E-state index contributed by atoms with van der Waals surface area (Å²) in [5.41, 5.74) is 7.09. The van der Waals surface area contributed by atoms with Crippen LogP contribution < -0.4 is 15.2 Å². The van der Waals surface area contributed by atoms with Gasteiger partial charge in [0.2, 0.25) is 0 Å². The van der Waals surface area contributed by atoms with Crippen LogP contribution >= 0.6 is 15.9 Å². The van der Waals surface area contributed by atoms with Crippen LogP contribution in [0, 0.1) is 0 Å². The Morgan fingerprint density at radius 3 is 2.45 bits per heavy atom. The number of hydrogen-bond acceptors (Lipinski definition) is 5. The van der Waals surface area contributed by atoms with Gasteiger partial charge in [0, 0.05) is 10.5 Å². The van der Waals surface area contributed by atoms with Gasteiger partial charge in [-0.15, -0.1) is 0 Å². The molecule has 2 rings (SSSR count). The Kier molecular flexibility index (Phi) is 4.42. The molecule has 0 radical (unpaired) electrons. The second-order valence-corrected chi connectivity index (χ2v) is 5.80. The summed E-state index contributed by atoms with van der Waals surface area (Å²) in [6.07, 6.45) is 0. The highest BCUT2D eigenvalue weighted by molar-refractivity contribution is 9.10. The molecule has 1 aromatic carbocycles. The van der Waals surface area contributed by atoms with Gasteiger partial charge in [-0.05, 0) is 31.5 Å². The van der Waals surface area contributed by atoms with Crippen molar-refractivity contribution in [3.63, 3.8) is 0 Å². The van der Waals surface area contributed by atoms with Crippen LogP contribution in [0.15, 0.2) is 21.6 Å². The van der Waals surface area contributed by atoms with Crippen LogP contribution in [-0.4, -0.2) is 37.7 Å². The summed E-state index contributed by atoms with van der Waals surface area (Å²) in [6.45, 7) is 4.86. The summed E-state index contributed by atoms with van der Waals surface area (Å²) in [4.78, 5) is 6.48. The lowest BCUT2D eigenvalue weighted by molar-refractivity contribution is 0.287. The number of nitrogens with zero attached hydrogens (tertiary/aromatic N) is 2. The molecular weight excluding hydrogens is 322 g/mol. The van der Waals surface area contributed by atoms with E-state index in [9.17, 15) is 0 Å². The fourth-order valence-electron chi connectivity index (χ4n) is 2.51. The number of nitrogens with two attached hydrogens (primary N) is 1. The first kappa shape index (κ1) is 15.0. The lowest BCUT2D eigenvalue weighted by Crippen LogP contribution is -2.41. The molecule has 1 aromatic rings. The molecule has 5 nitrogen and oxygen atoms in total. The molecule has 0 amide bonds. The van der Waals surface area contributed by atoms with E-state index in [1.165, 1.54) is 0 Å². The summed E-state index contributed by atoms with van der Waals surface area (Å²) < 4.78 is 11.7. The van der Waals surface area contributed by atoms with Gasteiger partial charge in [0.25, 0.3) is 0 Å². The first-order valence-electron chi connectivity index (χ1n) is 6.49. The van der Waals surface area contributed by atoms with Gasteiger partial charge in [-0.25, -0.2) is 0 Å². The predicted octanol–water partition coefficient (Wildman–Crippen LogP) is 2.55. The summed E-state index contributed by atoms with van der Waals surface area (Å²) in [5.74, 6) is 2.00. The maximum Gasteiger partial charge on any atom is 0.192 e. The lowest BCUT2D eigenvalue weighted by atomic mass is 10.0. The van der Waals surface area contributed by atoms with E-state index in [4.69, 9.17) is 15.2 Å². The van der Waals surface area contributed by atoms with E-state index in [1.807, 2.05) is 12.1 Å². The number of methoxy groups -OCH3 is 2. The van der Waals surface area contributed by atoms with Gasteiger partial charge < -0.3 is 20.1 Å². The van der Waals surface area contributed by atoms with E-state index in [1.54, 1.807) is 14.2 Å². The maximum atomic E-state index is 5.99. The molecule has 1 unspecified atom stereocenters. The van der Waals surface area contributed by atoms with Crippen LogP contribution in [0.5, 0.6) is 11.5 Å². The predicted molar refractivity (Wildman–Crippen MR) is 83.5 cm³/mol. The lowest BCUT2D eigenvalue weighted by Gasteiger charge is -2.31. The Morgan fingerprint density at radius 1 is 1.30 bits per heavy atom. The van der Waals surface area contributed by atoms with Gasteiger partial charge >= 0.3 is 0 Å². The topological polar surface area (TPSA) is 60.1 Å². The highest BCUT2D eigenvalue weighted by Gasteiger charge is 2.31. The van der Waals surface area contributed by atoms with E-state index in [-0.39, 0.29) is 12.1 Å². The SMILES string of the molecule is COc1cc(Br)c(C2CN=C(N)N2C(C)C)cc1OC. The molecule has 1 aliphatic rings. The molecule has 0 saturated heterocycles. The van der Waals surface area contributed by atoms with E-state index in [0.717, 1.165) is 10.0 Å². The highest BCUT2D eigenvalue weighted by atomic mass is 79.9. The Hall–Kier alpha value is -1.43. The highest BCUT2D eigenvalue weighted by Crippen LogP contribution is 2.39. The van der Waals surface area contributed by atoms with E-state index < -0.39 is 0 Å². The van der Waals surface area contributed by atoms with E-state index in [0.29, 0.717) is 24.0 Å². The van der Waals surface area contributed by atoms with Crippen LogP contribution in [0.3, 0.4) is 0 Å². The van der Waals surface area contributed by atoms with Gasteiger partial charge in [-0.1, -0.05) is 15.9 Å². The molecule has 1 atom stereocenters. The van der Waals surface area contributed by atoms with Crippen LogP contribution in [0.2, 0.25) is 0 Å². The summed E-state index contributed by atoms with van der Waals surface area (Å²) in [7, 11) is 3.26. The molecule has 0 fully saturated rings. The van der Waals surface area contributed by atoms with Crippen molar-refractivity contribution in [1.82, 2.24) is 4.90 Å². The third-order valence-electron chi connectivity index (χ3n) is 3.44. The minimum absolute atomic E-state index is 0.115. The largest absolute Gasteiger partial charge is 0.493 e. The van der Waals surface area contributed by atoms with Crippen molar-refractivity contribution in [2.75, 3.05) is 20.8 Å². The first-order chi connectivity index (χ1) is 9.49. The van der Waals surface area contributed by atoms with Crippen molar-refractivity contribution in [1.29, 1.82) is 0 Å². The second-order valence-electron chi connectivity index (χ2n) is 4.94. The smallest absolute Gasteiger partial charge is 0.192 e. The molecule has 0 aliphatic carbocycles. The van der Waals surface area contributed by atoms with Crippen molar-refractivity contribution >= 4 is 21.9 Å². The van der Waals surface area contributed by atoms with E-state index >= 15 is 0 Å². The molecule has 110 valence electrons. The number of hydrogen-bond donors (Lipinski definition) is 1. The van der Waals surface area contributed by atoms with Crippen molar-refractivity contribution in [3.05, 3.63) is 22.2 Å². The number of aliphatic imine (C=N–C) groups is 1. The summed E-state index contributed by atoms with van der Waals surface area (Å²) >= 11 is 3.60. The van der Waals surface area contributed by atoms with Crippen molar-refractivity contribution in [3.8, 4) is 11.5 Å². The summed E-state index contributed by atoms with van der Waals surface area (Å²) in [6, 6.07) is 4.30. The van der Waals surface area contributed by atoms with Crippen LogP contribution in [0.25, 0.3) is 0 Å². The molecule has 6 heteroatoms. The molecule has 0 spiro atoms. The molecule has 0 aromatic heterocycles. The summed E-state index contributed by atoms with van der Waals surface area (Å²) in [5, 5.41) is 0. The fraction of sp³-hybridized carbons (Fsp3) is 0.500. The van der Waals surface area contributed by atoms with Crippen LogP contribution in [0.4, 0.5) is 0 Å².